The van der Waals surface area contributed by atoms with Crippen LogP contribution in [-0.2, 0) is 10.0 Å². The maximum atomic E-state index is 12.8. The molecule has 0 radical (unpaired) electrons. The molecule has 0 aliphatic carbocycles. The van der Waals surface area contributed by atoms with Crippen LogP contribution in [0.2, 0.25) is 0 Å². The summed E-state index contributed by atoms with van der Waals surface area (Å²) in [5.74, 6) is -4.79. The molecule has 1 aromatic carbocycles. The van der Waals surface area contributed by atoms with E-state index in [0.29, 0.717) is 0 Å². The van der Waals surface area contributed by atoms with Crippen molar-refractivity contribution in [3.63, 3.8) is 0 Å². The predicted molar refractivity (Wildman–Crippen MR) is 60.3 cm³/mol. The second kappa shape index (κ2) is 6.12. The molecule has 0 fully saturated rings. The minimum atomic E-state index is -5.14. The summed E-state index contributed by atoms with van der Waals surface area (Å²) in [6.45, 7) is -3.08. The second-order valence-electron chi connectivity index (χ2n) is 3.83. The first-order valence-electron chi connectivity index (χ1n) is 5.30. The van der Waals surface area contributed by atoms with Crippen LogP contribution < -0.4 is 9.46 Å². The number of para-hydroxylation sites is 1. The Kier molecular flexibility index (Phi) is 5.12. The van der Waals surface area contributed by atoms with E-state index in [1.54, 1.807) is 0 Å². The average Bonchev–Trinajstić information content (AvgIpc) is 2.35. The number of rotatable bonds is 6. The highest BCUT2D eigenvalue weighted by Crippen LogP contribution is 2.29. The molecule has 0 unspecified atom stereocenters. The first kappa shape index (κ1) is 17.6. The third-order valence-electron chi connectivity index (χ3n) is 2.12. The lowest BCUT2D eigenvalue weighted by Gasteiger charge is -2.16. The number of sulfonamides is 1. The van der Waals surface area contributed by atoms with Crippen molar-refractivity contribution in [2.24, 2.45) is 0 Å². The number of benzene rings is 1. The predicted octanol–water partition coefficient (Wildman–Crippen LogP) is 1.49. The molecule has 0 aliphatic rings. The highest BCUT2D eigenvalue weighted by Gasteiger charge is 2.35. The van der Waals surface area contributed by atoms with Gasteiger partial charge in [-0.3, -0.25) is 0 Å². The zero-order valence-electron chi connectivity index (χ0n) is 10.2. The Morgan fingerprint density at radius 2 is 1.71 bits per heavy atom. The Morgan fingerprint density at radius 1 is 1.14 bits per heavy atom. The number of aliphatic hydroxyl groups is 1. The smallest absolute Gasteiger partial charge is 0.404 e. The van der Waals surface area contributed by atoms with E-state index in [9.17, 15) is 30.4 Å². The lowest BCUT2D eigenvalue weighted by molar-refractivity contribution is -0.275. The molecule has 0 atom stereocenters. The Bertz CT molecular complexity index is 587. The van der Waals surface area contributed by atoms with Crippen molar-refractivity contribution in [3.8, 4) is 5.75 Å². The van der Waals surface area contributed by atoms with Gasteiger partial charge in [-0.25, -0.2) is 21.9 Å². The molecule has 0 aliphatic heterocycles. The molecule has 0 bridgehead atoms. The number of alkyl halides is 5. The average molecular weight is 335 g/mol. The van der Waals surface area contributed by atoms with E-state index in [1.165, 1.54) is 4.72 Å². The Morgan fingerprint density at radius 3 is 2.24 bits per heavy atom. The van der Waals surface area contributed by atoms with Gasteiger partial charge in [-0.2, -0.15) is 0 Å². The summed E-state index contributed by atoms with van der Waals surface area (Å²) in [4.78, 5) is -0.948. The zero-order valence-corrected chi connectivity index (χ0v) is 11.0. The fourth-order valence-electron chi connectivity index (χ4n) is 1.22. The van der Waals surface area contributed by atoms with E-state index in [-0.39, 0.29) is 0 Å². The van der Waals surface area contributed by atoms with Crippen LogP contribution in [0.25, 0.3) is 0 Å². The van der Waals surface area contributed by atoms with Crippen molar-refractivity contribution >= 4 is 10.0 Å². The van der Waals surface area contributed by atoms with E-state index in [2.05, 4.69) is 4.74 Å². The van der Waals surface area contributed by atoms with Crippen LogP contribution in [0.5, 0.6) is 5.75 Å². The minimum absolute atomic E-state index is 0.728. The van der Waals surface area contributed by atoms with Crippen molar-refractivity contribution in [1.29, 1.82) is 0 Å². The summed E-state index contributed by atoms with van der Waals surface area (Å²) in [5, 5.41) is 8.31. The Labute approximate surface area is 116 Å². The van der Waals surface area contributed by atoms with E-state index in [1.807, 2.05) is 0 Å². The monoisotopic (exact) mass is 335 g/mol. The van der Waals surface area contributed by atoms with Crippen LogP contribution in [0.1, 0.15) is 0 Å². The van der Waals surface area contributed by atoms with Crippen molar-refractivity contribution in [3.05, 3.63) is 24.3 Å². The fourth-order valence-corrected chi connectivity index (χ4v) is 2.40. The number of hydrogen-bond acceptors (Lipinski definition) is 4. The van der Waals surface area contributed by atoms with Crippen molar-refractivity contribution in [2.45, 2.75) is 17.2 Å². The standard InChI is InChI=1S/C10H10F5NO4S/c11-9(12,6-17)5-16-21(18,19)8-4-2-1-3-7(8)20-10(13,14)15/h1-4,16-17H,5-6H2. The van der Waals surface area contributed by atoms with Crippen molar-refractivity contribution in [1.82, 2.24) is 4.72 Å². The molecule has 5 nitrogen and oxygen atoms in total. The van der Waals surface area contributed by atoms with Crippen LogP contribution in [0, 0.1) is 0 Å². The van der Waals surface area contributed by atoms with Gasteiger partial charge >= 0.3 is 6.36 Å². The first-order valence-corrected chi connectivity index (χ1v) is 6.78. The topological polar surface area (TPSA) is 75.6 Å². The largest absolute Gasteiger partial charge is 0.573 e. The van der Waals surface area contributed by atoms with Crippen LogP contribution >= 0.6 is 0 Å². The third-order valence-corrected chi connectivity index (χ3v) is 3.56. The fraction of sp³-hybridized carbons (Fsp3) is 0.400. The molecule has 0 amide bonds. The van der Waals surface area contributed by atoms with Gasteiger partial charge in [0, 0.05) is 0 Å². The van der Waals surface area contributed by atoms with Gasteiger partial charge in [0.05, 0.1) is 6.54 Å². The van der Waals surface area contributed by atoms with Gasteiger partial charge in [0.1, 0.15) is 17.3 Å². The number of ether oxygens (including phenoxy) is 1. The Hall–Kier alpha value is -1.46. The summed E-state index contributed by atoms with van der Waals surface area (Å²) >= 11 is 0. The van der Waals surface area contributed by atoms with Crippen molar-refractivity contribution in [2.75, 3.05) is 13.2 Å². The molecule has 2 N–H and O–H groups in total. The van der Waals surface area contributed by atoms with E-state index in [4.69, 9.17) is 5.11 Å². The quantitative estimate of drug-likeness (QED) is 0.773. The molecule has 21 heavy (non-hydrogen) atoms. The van der Waals surface area contributed by atoms with Gasteiger partial charge in [-0.1, -0.05) is 12.1 Å². The van der Waals surface area contributed by atoms with E-state index >= 15 is 0 Å². The number of halogens is 5. The van der Waals surface area contributed by atoms with Crippen LogP contribution in [0.15, 0.2) is 29.2 Å². The molecule has 1 rings (SSSR count). The zero-order chi connectivity index (χ0) is 16.3. The summed E-state index contributed by atoms with van der Waals surface area (Å²) in [5.41, 5.74) is 0. The lowest BCUT2D eigenvalue weighted by atomic mass is 10.3. The van der Waals surface area contributed by atoms with Crippen LogP contribution in [0.4, 0.5) is 22.0 Å². The third kappa shape index (κ3) is 5.44. The first-order chi connectivity index (χ1) is 9.47. The summed E-state index contributed by atoms with van der Waals surface area (Å²) in [6.07, 6.45) is -5.14. The SMILES string of the molecule is O=S(=O)(NCC(F)(F)CO)c1ccccc1OC(F)(F)F. The number of nitrogens with one attached hydrogen (secondary N) is 1. The highest BCUT2D eigenvalue weighted by atomic mass is 32.2. The van der Waals surface area contributed by atoms with Crippen molar-refractivity contribution < 1.29 is 40.2 Å². The molecule has 0 spiro atoms. The normalized spacial score (nSPS) is 13.2. The summed E-state index contributed by atoms with van der Waals surface area (Å²) in [6, 6.07) is 3.68. The molecule has 1 aromatic rings. The van der Waals surface area contributed by atoms with Gasteiger partial charge in [0.15, 0.2) is 0 Å². The van der Waals surface area contributed by atoms with Gasteiger partial charge in [0.2, 0.25) is 10.0 Å². The summed E-state index contributed by atoms with van der Waals surface area (Å²) < 4.78 is 90.4. The van der Waals surface area contributed by atoms with Gasteiger partial charge in [-0.15, -0.1) is 13.2 Å². The molecule has 0 aromatic heterocycles. The highest BCUT2D eigenvalue weighted by molar-refractivity contribution is 7.89. The second-order valence-corrected chi connectivity index (χ2v) is 5.57. The molecule has 11 heteroatoms. The molecular formula is C10H10F5NO4S. The van der Waals surface area contributed by atoms with Gasteiger partial charge in [-0.05, 0) is 12.1 Å². The molecule has 0 heterocycles. The van der Waals surface area contributed by atoms with Crippen LogP contribution in [0.3, 0.4) is 0 Å². The number of aliphatic hydroxyl groups excluding tert-OH is 1. The Balaban J connectivity index is 3.04. The van der Waals surface area contributed by atoms with Gasteiger partial charge in [0.25, 0.3) is 5.92 Å². The molecule has 120 valence electrons. The molecule has 0 saturated carbocycles. The lowest BCUT2D eigenvalue weighted by Crippen LogP contribution is -2.39. The van der Waals surface area contributed by atoms with Crippen LogP contribution in [-0.4, -0.2) is 39.0 Å². The van der Waals surface area contributed by atoms with E-state index in [0.717, 1.165) is 24.3 Å². The van der Waals surface area contributed by atoms with E-state index < -0.39 is 46.1 Å². The molecular weight excluding hydrogens is 325 g/mol. The minimum Gasteiger partial charge on any atom is -0.404 e. The van der Waals surface area contributed by atoms with Gasteiger partial charge < -0.3 is 9.84 Å². The maximum absolute atomic E-state index is 12.8. The summed E-state index contributed by atoms with van der Waals surface area (Å²) in [7, 11) is -4.67. The maximum Gasteiger partial charge on any atom is 0.573 e. The molecule has 0 saturated heterocycles. The number of hydrogen-bond donors (Lipinski definition) is 2.